The smallest absolute Gasteiger partial charge is 0.255 e. The van der Waals surface area contributed by atoms with Crippen molar-refractivity contribution in [3.8, 4) is 0 Å². The first kappa shape index (κ1) is 18.3. The fraction of sp³-hybridized carbons (Fsp3) is 0.0500. The van der Waals surface area contributed by atoms with Crippen molar-refractivity contribution in [2.45, 2.75) is 6.54 Å². The van der Waals surface area contributed by atoms with E-state index in [0.29, 0.717) is 33.7 Å². The summed E-state index contributed by atoms with van der Waals surface area (Å²) in [5.41, 5.74) is 8.69. The SMILES string of the molecule is Nc1ccccc1NC(=O)c1ccc(CNC(=O)c2ccc[nH]c2=S)cc1. The van der Waals surface area contributed by atoms with Gasteiger partial charge in [-0.2, -0.15) is 0 Å². The highest BCUT2D eigenvalue weighted by atomic mass is 32.1. The van der Waals surface area contributed by atoms with Crippen molar-refractivity contribution in [3.05, 3.63) is 88.2 Å². The number of nitrogen functional groups attached to an aromatic ring is 1. The van der Waals surface area contributed by atoms with Gasteiger partial charge in [0, 0.05) is 18.3 Å². The Morgan fingerprint density at radius 2 is 1.70 bits per heavy atom. The van der Waals surface area contributed by atoms with Crippen LogP contribution < -0.4 is 16.4 Å². The van der Waals surface area contributed by atoms with Crippen molar-refractivity contribution in [1.29, 1.82) is 0 Å². The van der Waals surface area contributed by atoms with Crippen molar-refractivity contribution >= 4 is 35.4 Å². The van der Waals surface area contributed by atoms with Crippen molar-refractivity contribution in [2.75, 3.05) is 11.1 Å². The number of amides is 2. The molecule has 1 aromatic heterocycles. The number of H-pyrrole nitrogens is 1. The van der Waals surface area contributed by atoms with Gasteiger partial charge in [-0.25, -0.2) is 0 Å². The van der Waals surface area contributed by atoms with Gasteiger partial charge in [0.2, 0.25) is 0 Å². The fourth-order valence-corrected chi connectivity index (χ4v) is 2.69. The number of para-hydroxylation sites is 2. The minimum atomic E-state index is -0.252. The van der Waals surface area contributed by atoms with E-state index in [4.69, 9.17) is 18.0 Å². The third kappa shape index (κ3) is 4.59. The number of pyridine rings is 1. The van der Waals surface area contributed by atoms with Crippen LogP contribution in [0.4, 0.5) is 11.4 Å². The molecule has 0 saturated heterocycles. The number of anilines is 2. The zero-order valence-electron chi connectivity index (χ0n) is 14.4. The molecule has 0 unspecified atom stereocenters. The Morgan fingerprint density at radius 1 is 0.963 bits per heavy atom. The molecule has 0 atom stereocenters. The normalized spacial score (nSPS) is 10.2. The van der Waals surface area contributed by atoms with E-state index in [9.17, 15) is 9.59 Å². The van der Waals surface area contributed by atoms with E-state index in [0.717, 1.165) is 5.56 Å². The lowest BCUT2D eigenvalue weighted by molar-refractivity contribution is 0.0949. The molecule has 2 amide bonds. The van der Waals surface area contributed by atoms with Gasteiger partial charge < -0.3 is 21.4 Å². The topological polar surface area (TPSA) is 100 Å². The Bertz CT molecular complexity index is 1030. The summed E-state index contributed by atoms with van der Waals surface area (Å²) in [4.78, 5) is 27.3. The van der Waals surface area contributed by atoms with Crippen molar-refractivity contribution in [2.24, 2.45) is 0 Å². The van der Waals surface area contributed by atoms with Crippen LogP contribution >= 0.6 is 12.2 Å². The highest BCUT2D eigenvalue weighted by molar-refractivity contribution is 7.71. The molecule has 6 nitrogen and oxygen atoms in total. The van der Waals surface area contributed by atoms with Gasteiger partial charge in [-0.15, -0.1) is 0 Å². The molecule has 0 radical (unpaired) electrons. The molecule has 0 bridgehead atoms. The van der Waals surface area contributed by atoms with Gasteiger partial charge in [-0.05, 0) is 42.0 Å². The van der Waals surface area contributed by atoms with Gasteiger partial charge in [0.15, 0.2) is 0 Å². The predicted molar refractivity (Wildman–Crippen MR) is 108 cm³/mol. The summed E-state index contributed by atoms with van der Waals surface area (Å²) in [7, 11) is 0. The average Bonchev–Trinajstić information content (AvgIpc) is 2.68. The molecule has 1 heterocycles. The highest BCUT2D eigenvalue weighted by Crippen LogP contribution is 2.18. The Morgan fingerprint density at radius 3 is 2.41 bits per heavy atom. The van der Waals surface area contributed by atoms with Gasteiger partial charge in [0.25, 0.3) is 11.8 Å². The van der Waals surface area contributed by atoms with Crippen LogP contribution in [0.25, 0.3) is 0 Å². The summed E-state index contributed by atoms with van der Waals surface area (Å²) in [6, 6.07) is 17.4. The molecule has 3 rings (SSSR count). The molecule has 5 N–H and O–H groups in total. The molecule has 0 aliphatic rings. The van der Waals surface area contributed by atoms with Crippen LogP contribution in [-0.4, -0.2) is 16.8 Å². The number of benzene rings is 2. The van der Waals surface area contributed by atoms with Crippen LogP contribution in [0.15, 0.2) is 66.9 Å². The molecule has 7 heteroatoms. The molecule has 136 valence electrons. The van der Waals surface area contributed by atoms with E-state index < -0.39 is 0 Å². The van der Waals surface area contributed by atoms with Crippen LogP contribution in [-0.2, 0) is 6.54 Å². The predicted octanol–water partition coefficient (Wildman–Crippen LogP) is 3.51. The molecule has 27 heavy (non-hydrogen) atoms. The van der Waals surface area contributed by atoms with Gasteiger partial charge in [0.05, 0.1) is 16.9 Å². The Kier molecular flexibility index (Phi) is 5.63. The van der Waals surface area contributed by atoms with E-state index in [1.54, 1.807) is 66.9 Å². The summed E-state index contributed by atoms with van der Waals surface area (Å²) in [6.45, 7) is 0.329. The molecule has 2 aromatic carbocycles. The van der Waals surface area contributed by atoms with Crippen LogP contribution in [0, 0.1) is 4.64 Å². The zero-order valence-corrected chi connectivity index (χ0v) is 15.2. The maximum absolute atomic E-state index is 12.3. The van der Waals surface area contributed by atoms with E-state index >= 15 is 0 Å². The number of nitrogens with one attached hydrogen (secondary N) is 3. The lowest BCUT2D eigenvalue weighted by atomic mass is 10.1. The summed E-state index contributed by atoms with van der Waals surface area (Å²) in [6.07, 6.45) is 1.67. The Labute approximate surface area is 161 Å². The lowest BCUT2D eigenvalue weighted by Crippen LogP contribution is -2.23. The molecule has 0 fully saturated rings. The monoisotopic (exact) mass is 378 g/mol. The summed E-state index contributed by atoms with van der Waals surface area (Å²) >= 11 is 5.10. The second-order valence-electron chi connectivity index (χ2n) is 5.83. The van der Waals surface area contributed by atoms with E-state index in [2.05, 4.69) is 15.6 Å². The number of aromatic nitrogens is 1. The maximum Gasteiger partial charge on any atom is 0.255 e. The van der Waals surface area contributed by atoms with Crippen LogP contribution in [0.1, 0.15) is 26.3 Å². The zero-order chi connectivity index (χ0) is 19.2. The number of nitrogens with two attached hydrogens (primary N) is 1. The molecule has 3 aromatic rings. The van der Waals surface area contributed by atoms with Gasteiger partial charge >= 0.3 is 0 Å². The minimum Gasteiger partial charge on any atom is -0.397 e. The van der Waals surface area contributed by atoms with E-state index in [1.165, 1.54) is 0 Å². The van der Waals surface area contributed by atoms with Crippen LogP contribution in [0.3, 0.4) is 0 Å². The Hall–Kier alpha value is -3.45. The first-order valence-corrected chi connectivity index (χ1v) is 8.66. The molecular weight excluding hydrogens is 360 g/mol. The highest BCUT2D eigenvalue weighted by Gasteiger charge is 2.09. The standard InChI is InChI=1S/C20H18N4O2S/c21-16-5-1-2-6-17(16)24-18(25)14-9-7-13(8-10-14)12-23-19(26)15-4-3-11-22-20(15)27/h1-11H,12,21H2,(H,22,27)(H,23,26)(H,24,25). The third-order valence-electron chi connectivity index (χ3n) is 3.94. The minimum absolute atomic E-state index is 0.251. The maximum atomic E-state index is 12.3. The average molecular weight is 378 g/mol. The van der Waals surface area contributed by atoms with Crippen LogP contribution in [0.5, 0.6) is 0 Å². The van der Waals surface area contributed by atoms with Crippen LogP contribution in [0.2, 0.25) is 0 Å². The largest absolute Gasteiger partial charge is 0.397 e. The molecule has 0 spiro atoms. The first-order valence-electron chi connectivity index (χ1n) is 8.25. The lowest BCUT2D eigenvalue weighted by Gasteiger charge is -2.09. The molecule has 0 aliphatic carbocycles. The second-order valence-corrected chi connectivity index (χ2v) is 6.24. The van der Waals surface area contributed by atoms with E-state index in [1.807, 2.05) is 0 Å². The molecular formula is C20H18N4O2S. The van der Waals surface area contributed by atoms with Gasteiger partial charge in [-0.1, -0.05) is 36.5 Å². The summed E-state index contributed by atoms with van der Waals surface area (Å²) < 4.78 is 0.391. The van der Waals surface area contributed by atoms with Gasteiger partial charge in [-0.3, -0.25) is 9.59 Å². The summed E-state index contributed by atoms with van der Waals surface area (Å²) in [5, 5.41) is 5.58. The van der Waals surface area contributed by atoms with Crippen molar-refractivity contribution in [1.82, 2.24) is 10.3 Å². The van der Waals surface area contributed by atoms with E-state index in [-0.39, 0.29) is 11.8 Å². The molecule has 0 aliphatic heterocycles. The second kappa shape index (κ2) is 8.29. The fourth-order valence-electron chi connectivity index (χ4n) is 2.46. The molecule has 0 saturated carbocycles. The van der Waals surface area contributed by atoms with Crippen molar-refractivity contribution in [3.63, 3.8) is 0 Å². The number of rotatable bonds is 5. The number of hydrogen-bond acceptors (Lipinski definition) is 4. The quantitative estimate of drug-likeness (QED) is 0.403. The number of carbonyl (C=O) groups excluding carboxylic acids is 2. The first-order chi connectivity index (χ1) is 13.0. The number of aromatic amines is 1. The number of hydrogen-bond donors (Lipinski definition) is 4. The van der Waals surface area contributed by atoms with Gasteiger partial charge in [0.1, 0.15) is 4.64 Å². The Balaban J connectivity index is 1.61. The third-order valence-corrected chi connectivity index (χ3v) is 4.28. The number of carbonyl (C=O) groups is 2. The summed E-state index contributed by atoms with van der Waals surface area (Å²) in [5.74, 6) is -0.503. The van der Waals surface area contributed by atoms with Crippen molar-refractivity contribution < 1.29 is 9.59 Å².